The van der Waals surface area contributed by atoms with Gasteiger partial charge in [0, 0.05) is 31.4 Å². The first kappa shape index (κ1) is 18.8. The summed E-state index contributed by atoms with van der Waals surface area (Å²) in [5.74, 6) is -2.16. The fraction of sp³-hybridized carbons (Fsp3) is 0.118. The minimum Gasteiger partial charge on any atom is -0.323 e. The molecule has 0 bridgehead atoms. The average Bonchev–Trinajstić information content (AvgIpc) is 2.54. The minimum absolute atomic E-state index is 0.0828. The summed E-state index contributed by atoms with van der Waals surface area (Å²) in [5.41, 5.74) is 0.0337. The summed E-state index contributed by atoms with van der Waals surface area (Å²) in [6.07, 6.45) is 2.02. The van der Waals surface area contributed by atoms with Crippen molar-refractivity contribution in [1.82, 2.24) is 4.31 Å². The molecule has 2 aromatic carbocycles. The predicted octanol–water partition coefficient (Wildman–Crippen LogP) is 2.87. The normalized spacial score (nSPS) is 11.9. The van der Waals surface area contributed by atoms with Gasteiger partial charge in [-0.25, -0.2) is 21.5 Å². The van der Waals surface area contributed by atoms with Gasteiger partial charge in [0.25, 0.3) is 0 Å². The Hall–Kier alpha value is -2.58. The van der Waals surface area contributed by atoms with Crippen molar-refractivity contribution in [2.24, 2.45) is 0 Å². The monoisotopic (exact) mass is 366 g/mol. The van der Waals surface area contributed by atoms with Gasteiger partial charge in [0.2, 0.25) is 15.9 Å². The van der Waals surface area contributed by atoms with Crippen molar-refractivity contribution in [2.45, 2.75) is 4.90 Å². The van der Waals surface area contributed by atoms with E-state index in [1.54, 1.807) is 0 Å². The number of amides is 1. The van der Waals surface area contributed by atoms with E-state index in [-0.39, 0.29) is 10.5 Å². The third kappa shape index (κ3) is 4.49. The van der Waals surface area contributed by atoms with Crippen molar-refractivity contribution in [1.29, 1.82) is 0 Å². The molecule has 0 unspecified atom stereocenters. The fourth-order valence-electron chi connectivity index (χ4n) is 1.93. The number of nitrogens with one attached hydrogen (secondary N) is 1. The molecular weight excluding hydrogens is 350 g/mol. The van der Waals surface area contributed by atoms with Crippen LogP contribution in [0.25, 0.3) is 6.08 Å². The summed E-state index contributed by atoms with van der Waals surface area (Å²) in [4.78, 5) is 11.9. The Labute approximate surface area is 144 Å². The molecule has 0 spiro atoms. The van der Waals surface area contributed by atoms with Crippen LogP contribution in [-0.4, -0.2) is 32.7 Å². The highest BCUT2D eigenvalue weighted by Gasteiger charge is 2.16. The van der Waals surface area contributed by atoms with Gasteiger partial charge < -0.3 is 5.32 Å². The van der Waals surface area contributed by atoms with E-state index in [4.69, 9.17) is 0 Å². The van der Waals surface area contributed by atoms with E-state index in [9.17, 15) is 22.0 Å². The van der Waals surface area contributed by atoms with Crippen LogP contribution in [0.4, 0.5) is 14.5 Å². The highest BCUT2D eigenvalue weighted by Crippen LogP contribution is 2.17. The van der Waals surface area contributed by atoms with Crippen LogP contribution >= 0.6 is 0 Å². The summed E-state index contributed by atoms with van der Waals surface area (Å²) in [6, 6.07) is 8.95. The quantitative estimate of drug-likeness (QED) is 0.828. The van der Waals surface area contributed by atoms with Crippen molar-refractivity contribution in [3.8, 4) is 0 Å². The topological polar surface area (TPSA) is 66.5 Å². The molecule has 0 aliphatic rings. The number of hydrogen-bond donors (Lipinski definition) is 1. The molecule has 0 saturated heterocycles. The number of rotatable bonds is 5. The summed E-state index contributed by atoms with van der Waals surface area (Å²) < 4.78 is 51.9. The van der Waals surface area contributed by atoms with E-state index in [1.165, 1.54) is 44.4 Å². The van der Waals surface area contributed by atoms with Gasteiger partial charge in [0.05, 0.1) is 4.90 Å². The number of nitrogens with zero attached hydrogens (tertiary/aromatic N) is 1. The van der Waals surface area contributed by atoms with Crippen LogP contribution in [0.3, 0.4) is 0 Å². The fourth-order valence-corrected chi connectivity index (χ4v) is 2.84. The maximum absolute atomic E-state index is 13.5. The molecule has 0 atom stereocenters. The molecule has 0 aliphatic carbocycles. The molecule has 25 heavy (non-hydrogen) atoms. The average molecular weight is 366 g/mol. The van der Waals surface area contributed by atoms with Gasteiger partial charge >= 0.3 is 0 Å². The molecule has 0 fully saturated rings. The van der Waals surface area contributed by atoms with Crippen molar-refractivity contribution >= 4 is 27.7 Å². The molecule has 8 heteroatoms. The number of hydrogen-bond acceptors (Lipinski definition) is 3. The van der Waals surface area contributed by atoms with E-state index in [0.29, 0.717) is 5.69 Å². The van der Waals surface area contributed by atoms with Gasteiger partial charge in [-0.05, 0) is 42.5 Å². The van der Waals surface area contributed by atoms with Gasteiger partial charge in [-0.1, -0.05) is 6.07 Å². The second-order valence-corrected chi connectivity index (χ2v) is 7.42. The van der Waals surface area contributed by atoms with Crippen LogP contribution in [-0.2, 0) is 14.8 Å². The van der Waals surface area contributed by atoms with Crippen molar-refractivity contribution in [3.63, 3.8) is 0 Å². The molecule has 0 aliphatic heterocycles. The first-order valence-electron chi connectivity index (χ1n) is 7.17. The molecule has 0 saturated carbocycles. The first-order chi connectivity index (χ1) is 11.7. The second kappa shape index (κ2) is 7.54. The Morgan fingerprint density at radius 1 is 1.04 bits per heavy atom. The van der Waals surface area contributed by atoms with E-state index >= 15 is 0 Å². The van der Waals surface area contributed by atoms with Crippen LogP contribution < -0.4 is 5.32 Å². The zero-order valence-corrected chi connectivity index (χ0v) is 14.3. The van der Waals surface area contributed by atoms with Crippen LogP contribution in [0.5, 0.6) is 0 Å². The van der Waals surface area contributed by atoms with Gasteiger partial charge in [0.15, 0.2) is 0 Å². The SMILES string of the molecule is CN(C)S(=O)(=O)c1ccc(NC(=O)/C=C/c2c(F)cccc2F)cc1. The smallest absolute Gasteiger partial charge is 0.248 e. The number of benzene rings is 2. The van der Waals surface area contributed by atoms with Crippen molar-refractivity contribution < 1.29 is 22.0 Å². The maximum Gasteiger partial charge on any atom is 0.248 e. The maximum atomic E-state index is 13.5. The van der Waals surface area contributed by atoms with Crippen molar-refractivity contribution in [2.75, 3.05) is 19.4 Å². The Kier molecular flexibility index (Phi) is 5.66. The summed E-state index contributed by atoms with van der Waals surface area (Å²) in [6.45, 7) is 0. The first-order valence-corrected chi connectivity index (χ1v) is 8.61. The molecule has 1 N–H and O–H groups in total. The molecule has 2 aromatic rings. The zero-order chi connectivity index (χ0) is 18.6. The highest BCUT2D eigenvalue weighted by atomic mass is 32.2. The molecule has 5 nitrogen and oxygen atoms in total. The van der Waals surface area contributed by atoms with Crippen LogP contribution in [0.15, 0.2) is 53.4 Å². The van der Waals surface area contributed by atoms with Crippen LogP contribution in [0.1, 0.15) is 5.56 Å². The predicted molar refractivity (Wildman–Crippen MR) is 91.3 cm³/mol. The third-order valence-corrected chi connectivity index (χ3v) is 5.13. The number of anilines is 1. The molecule has 0 radical (unpaired) electrons. The lowest BCUT2D eigenvalue weighted by Gasteiger charge is -2.11. The number of halogens is 2. The van der Waals surface area contributed by atoms with Gasteiger partial charge in [0.1, 0.15) is 11.6 Å². The molecule has 2 rings (SSSR count). The molecular formula is C17H16F2N2O3S. The Morgan fingerprint density at radius 2 is 1.60 bits per heavy atom. The number of carbonyl (C=O) groups excluding carboxylic acids is 1. The molecule has 132 valence electrons. The number of sulfonamides is 1. The van der Waals surface area contributed by atoms with E-state index in [0.717, 1.165) is 28.6 Å². The Morgan fingerprint density at radius 3 is 2.12 bits per heavy atom. The molecule has 0 heterocycles. The van der Waals surface area contributed by atoms with Gasteiger partial charge in [-0.3, -0.25) is 4.79 Å². The summed E-state index contributed by atoms with van der Waals surface area (Å²) in [7, 11) is -0.726. The van der Waals surface area contributed by atoms with E-state index in [1.807, 2.05) is 0 Å². The molecule has 1 amide bonds. The largest absolute Gasteiger partial charge is 0.323 e. The minimum atomic E-state index is -3.55. The van der Waals surface area contributed by atoms with Crippen LogP contribution in [0.2, 0.25) is 0 Å². The lowest BCUT2D eigenvalue weighted by Crippen LogP contribution is -2.22. The highest BCUT2D eigenvalue weighted by molar-refractivity contribution is 7.89. The zero-order valence-electron chi connectivity index (χ0n) is 13.5. The second-order valence-electron chi connectivity index (χ2n) is 5.27. The van der Waals surface area contributed by atoms with E-state index < -0.39 is 27.6 Å². The standard InChI is InChI=1S/C17H16F2N2O3S/c1-21(2)25(23,24)13-8-6-12(7-9-13)20-17(22)11-10-14-15(18)4-3-5-16(14)19/h3-11H,1-2H3,(H,20,22)/b11-10+. The number of carbonyl (C=O) groups is 1. The summed E-state index contributed by atoms with van der Waals surface area (Å²) >= 11 is 0. The van der Waals surface area contributed by atoms with Crippen molar-refractivity contribution in [3.05, 3.63) is 65.7 Å². The lowest BCUT2D eigenvalue weighted by molar-refractivity contribution is -0.111. The Balaban J connectivity index is 2.10. The lowest BCUT2D eigenvalue weighted by atomic mass is 10.2. The van der Waals surface area contributed by atoms with Crippen LogP contribution in [0, 0.1) is 11.6 Å². The van der Waals surface area contributed by atoms with E-state index in [2.05, 4.69) is 5.32 Å². The Bertz CT molecular complexity index is 888. The molecule has 0 aromatic heterocycles. The van der Waals surface area contributed by atoms with Gasteiger partial charge in [-0.15, -0.1) is 0 Å². The van der Waals surface area contributed by atoms with Gasteiger partial charge in [-0.2, -0.15) is 0 Å². The third-order valence-electron chi connectivity index (χ3n) is 3.30. The summed E-state index contributed by atoms with van der Waals surface area (Å²) in [5, 5.41) is 2.48.